The maximum absolute atomic E-state index is 13.7. The molecule has 0 N–H and O–H groups in total. The van der Waals surface area contributed by atoms with Crippen molar-refractivity contribution in [3.05, 3.63) is 53.6 Å². The molecule has 3 aromatic rings. The molecular weight excluding hydrogens is 498 g/mol. The summed E-state index contributed by atoms with van der Waals surface area (Å²) in [4.78, 5) is 20.2. The molecule has 2 saturated heterocycles. The van der Waals surface area contributed by atoms with Gasteiger partial charge in [0.1, 0.15) is 0 Å². The van der Waals surface area contributed by atoms with Gasteiger partial charge in [0, 0.05) is 32.4 Å². The van der Waals surface area contributed by atoms with Crippen molar-refractivity contribution < 1.29 is 22.7 Å². The summed E-state index contributed by atoms with van der Waals surface area (Å²) in [5.74, 6) is -0.224. The molecule has 3 heterocycles. The number of aromatic nitrogens is 1. The topological polar surface area (TPSA) is 89.0 Å². The predicted molar refractivity (Wildman–Crippen MR) is 140 cm³/mol. The van der Waals surface area contributed by atoms with Gasteiger partial charge in [0.2, 0.25) is 10.0 Å². The molecule has 2 aromatic carbocycles. The Bertz CT molecular complexity index is 1330. The summed E-state index contributed by atoms with van der Waals surface area (Å²) < 4.78 is 39.9. The lowest BCUT2D eigenvalue weighted by atomic mass is 10.2. The molecule has 2 unspecified atom stereocenters. The van der Waals surface area contributed by atoms with Gasteiger partial charge < -0.3 is 9.47 Å². The van der Waals surface area contributed by atoms with E-state index in [1.807, 2.05) is 19.1 Å². The molecule has 0 spiro atoms. The fourth-order valence-corrected chi connectivity index (χ4v) is 6.93. The number of anilines is 1. The van der Waals surface area contributed by atoms with E-state index in [2.05, 4.69) is 6.07 Å². The number of ether oxygens (including phenoxy) is 2. The monoisotopic (exact) mass is 529 g/mol. The van der Waals surface area contributed by atoms with Crippen LogP contribution in [0.2, 0.25) is 0 Å². The number of sulfonamides is 1. The average Bonchev–Trinajstić information content (AvgIpc) is 3.64. The molecule has 8 nitrogen and oxygen atoms in total. The highest BCUT2D eigenvalue weighted by Gasteiger charge is 2.29. The number of thiazole rings is 1. The van der Waals surface area contributed by atoms with Crippen LogP contribution in [-0.4, -0.2) is 69.2 Å². The van der Waals surface area contributed by atoms with Gasteiger partial charge in [-0.05, 0) is 74.6 Å². The minimum atomic E-state index is -3.68. The normalized spacial score (nSPS) is 20.4. The van der Waals surface area contributed by atoms with Crippen LogP contribution < -0.4 is 4.90 Å². The third-order valence-electron chi connectivity index (χ3n) is 6.71. The highest BCUT2D eigenvalue weighted by molar-refractivity contribution is 7.89. The second-order valence-corrected chi connectivity index (χ2v) is 12.5. The van der Waals surface area contributed by atoms with E-state index in [9.17, 15) is 13.2 Å². The van der Waals surface area contributed by atoms with Gasteiger partial charge in [-0.15, -0.1) is 0 Å². The summed E-state index contributed by atoms with van der Waals surface area (Å²) in [5.41, 5.74) is 2.39. The van der Waals surface area contributed by atoms with Gasteiger partial charge in [0.25, 0.3) is 5.91 Å². The molecule has 2 aliphatic heterocycles. The Labute approximate surface area is 215 Å². The fraction of sp³-hybridized carbons (Fsp3) is 0.462. The van der Waals surface area contributed by atoms with Crippen LogP contribution in [0, 0.1) is 6.92 Å². The molecule has 0 bridgehead atoms. The standard InChI is InChI=1S/C26H31N3O5S2/c1-18-7-12-23-24(15-18)35-26(27-23)29(17-21-6-4-14-34-21)25(30)19-8-10-22(11-9-19)36(31,32)28(2)16-20-5-3-13-33-20/h7-12,15,20-21H,3-6,13-14,16-17H2,1-2H3. The second-order valence-electron chi connectivity index (χ2n) is 9.46. The lowest BCUT2D eigenvalue weighted by Crippen LogP contribution is -2.37. The van der Waals surface area contributed by atoms with Crippen LogP contribution in [0.1, 0.15) is 41.6 Å². The maximum Gasteiger partial charge on any atom is 0.260 e. The van der Waals surface area contributed by atoms with Crippen molar-refractivity contribution in [1.29, 1.82) is 0 Å². The third kappa shape index (κ3) is 5.33. The molecule has 2 atom stereocenters. The molecule has 1 aromatic heterocycles. The summed E-state index contributed by atoms with van der Waals surface area (Å²) in [7, 11) is -2.12. The van der Waals surface area contributed by atoms with Crippen LogP contribution >= 0.6 is 11.3 Å². The van der Waals surface area contributed by atoms with E-state index in [-0.39, 0.29) is 23.0 Å². The SMILES string of the molecule is Cc1ccc2nc(N(CC3CCCO3)C(=O)c3ccc(S(=O)(=O)N(C)CC4CCCO4)cc3)sc2c1. The number of aryl methyl sites for hydroxylation is 1. The van der Waals surface area contributed by atoms with Crippen molar-refractivity contribution in [2.45, 2.75) is 49.7 Å². The van der Waals surface area contributed by atoms with E-state index >= 15 is 0 Å². The van der Waals surface area contributed by atoms with Gasteiger partial charge in [-0.1, -0.05) is 17.4 Å². The number of nitrogens with zero attached hydrogens (tertiary/aromatic N) is 3. The Kier molecular flexibility index (Phi) is 7.41. The molecule has 0 aliphatic carbocycles. The van der Waals surface area contributed by atoms with Crippen LogP contribution in [0.3, 0.4) is 0 Å². The first kappa shape index (κ1) is 25.3. The predicted octanol–water partition coefficient (Wildman–Crippen LogP) is 4.23. The molecule has 2 aliphatic rings. The first-order chi connectivity index (χ1) is 17.3. The fourth-order valence-electron chi connectivity index (χ4n) is 4.65. The summed E-state index contributed by atoms with van der Waals surface area (Å²) in [6, 6.07) is 12.2. The molecule has 0 saturated carbocycles. The number of fused-ring (bicyclic) bond motifs is 1. The van der Waals surface area contributed by atoms with Crippen LogP contribution in [0.5, 0.6) is 0 Å². The van der Waals surface area contributed by atoms with Gasteiger partial charge in [-0.3, -0.25) is 9.69 Å². The van der Waals surface area contributed by atoms with Crippen LogP contribution in [-0.2, 0) is 19.5 Å². The molecule has 10 heteroatoms. The minimum absolute atomic E-state index is 0.0474. The van der Waals surface area contributed by atoms with Gasteiger partial charge in [0.15, 0.2) is 5.13 Å². The molecule has 1 amide bonds. The number of rotatable bonds is 8. The maximum atomic E-state index is 13.7. The number of carbonyl (C=O) groups excluding carboxylic acids is 1. The quantitative estimate of drug-likeness (QED) is 0.434. The van der Waals surface area contributed by atoms with E-state index in [0.29, 0.717) is 37.0 Å². The number of carbonyl (C=O) groups is 1. The van der Waals surface area contributed by atoms with Crippen LogP contribution in [0.25, 0.3) is 10.2 Å². The number of amides is 1. The van der Waals surface area contributed by atoms with Gasteiger partial charge in [-0.2, -0.15) is 4.31 Å². The third-order valence-corrected chi connectivity index (χ3v) is 9.59. The smallest absolute Gasteiger partial charge is 0.260 e. The van der Waals surface area contributed by atoms with Crippen LogP contribution in [0.4, 0.5) is 5.13 Å². The largest absolute Gasteiger partial charge is 0.377 e. The zero-order valence-corrected chi connectivity index (χ0v) is 22.2. The average molecular weight is 530 g/mol. The Hall–Kier alpha value is -2.37. The van der Waals surface area contributed by atoms with Crippen molar-refractivity contribution >= 4 is 42.6 Å². The van der Waals surface area contributed by atoms with Crippen molar-refractivity contribution in [2.75, 3.05) is 38.3 Å². The zero-order chi connectivity index (χ0) is 25.3. The van der Waals surface area contributed by atoms with Crippen molar-refractivity contribution in [2.24, 2.45) is 0 Å². The number of hydrogen-bond acceptors (Lipinski definition) is 7. The minimum Gasteiger partial charge on any atom is -0.377 e. The molecular formula is C26H31N3O5S2. The first-order valence-electron chi connectivity index (χ1n) is 12.3. The summed E-state index contributed by atoms with van der Waals surface area (Å²) >= 11 is 1.48. The molecule has 0 radical (unpaired) electrons. The van der Waals surface area contributed by atoms with E-state index in [1.165, 1.54) is 27.8 Å². The highest BCUT2D eigenvalue weighted by Crippen LogP contribution is 2.32. The van der Waals surface area contributed by atoms with Gasteiger partial charge in [0.05, 0.1) is 33.9 Å². The number of likely N-dealkylation sites (N-methyl/N-ethyl adjacent to an activating group) is 1. The lowest BCUT2D eigenvalue weighted by molar-refractivity contribution is 0.0917. The highest BCUT2D eigenvalue weighted by atomic mass is 32.2. The Balaban J connectivity index is 1.39. The number of hydrogen-bond donors (Lipinski definition) is 0. The molecule has 192 valence electrons. The van der Waals surface area contributed by atoms with Crippen molar-refractivity contribution in [1.82, 2.24) is 9.29 Å². The summed E-state index contributed by atoms with van der Waals surface area (Å²) in [6.45, 7) is 4.11. The lowest BCUT2D eigenvalue weighted by Gasteiger charge is -2.23. The Morgan fingerprint density at radius 1 is 1.03 bits per heavy atom. The van der Waals surface area contributed by atoms with E-state index in [4.69, 9.17) is 14.5 Å². The van der Waals surface area contributed by atoms with Crippen molar-refractivity contribution in [3.8, 4) is 0 Å². The molecule has 36 heavy (non-hydrogen) atoms. The Morgan fingerprint density at radius 3 is 2.33 bits per heavy atom. The van der Waals surface area contributed by atoms with E-state index in [0.717, 1.165) is 41.5 Å². The zero-order valence-electron chi connectivity index (χ0n) is 20.6. The van der Waals surface area contributed by atoms with Crippen molar-refractivity contribution in [3.63, 3.8) is 0 Å². The summed E-state index contributed by atoms with van der Waals surface area (Å²) in [6.07, 6.45) is 3.55. The Morgan fingerprint density at radius 2 is 1.69 bits per heavy atom. The van der Waals surface area contributed by atoms with Crippen LogP contribution in [0.15, 0.2) is 47.4 Å². The molecule has 2 fully saturated rings. The number of benzene rings is 2. The van der Waals surface area contributed by atoms with E-state index in [1.54, 1.807) is 24.1 Å². The van der Waals surface area contributed by atoms with Gasteiger partial charge >= 0.3 is 0 Å². The summed E-state index contributed by atoms with van der Waals surface area (Å²) in [5, 5.41) is 0.615. The second kappa shape index (κ2) is 10.5. The van der Waals surface area contributed by atoms with Gasteiger partial charge in [-0.25, -0.2) is 13.4 Å². The molecule has 5 rings (SSSR count). The van der Waals surface area contributed by atoms with E-state index < -0.39 is 10.0 Å². The first-order valence-corrected chi connectivity index (χ1v) is 14.6.